The number of fused-ring (bicyclic) bond motifs is 1. The minimum atomic E-state index is -3.72. The van der Waals surface area contributed by atoms with Crippen molar-refractivity contribution in [1.82, 2.24) is 4.98 Å². The van der Waals surface area contributed by atoms with Gasteiger partial charge in [0.15, 0.2) is 11.5 Å². The number of rotatable bonds is 8. The number of carbonyl (C=O) groups excluding carboxylic acids is 2. The number of hydrogen-bond acceptors (Lipinski definition) is 7. The molecule has 2 aromatic heterocycles. The van der Waals surface area contributed by atoms with Crippen molar-refractivity contribution in [3.63, 3.8) is 0 Å². The van der Waals surface area contributed by atoms with Gasteiger partial charge in [-0.2, -0.15) is 0 Å². The molecule has 3 aromatic rings. The topological polar surface area (TPSA) is 116 Å². The number of benzene rings is 1. The summed E-state index contributed by atoms with van der Waals surface area (Å²) in [6.07, 6.45) is -0.729. The number of nitrogens with two attached hydrogens (primary N) is 1. The summed E-state index contributed by atoms with van der Waals surface area (Å²) < 4.78 is 35.1. The molecule has 8 nitrogen and oxygen atoms in total. The molecular formula is C21H18F2N4O4S. The summed E-state index contributed by atoms with van der Waals surface area (Å²) in [5.74, 6) is -1.20. The van der Waals surface area contributed by atoms with E-state index in [4.69, 9.17) is 5.73 Å². The molecule has 0 unspecified atom stereocenters. The molecule has 4 N–H and O–H groups in total. The maximum absolute atomic E-state index is 13.2. The van der Waals surface area contributed by atoms with Crippen LogP contribution in [0.25, 0.3) is 0 Å². The Hall–Kier alpha value is -3.73. The fourth-order valence-corrected chi connectivity index (χ4v) is 3.90. The summed E-state index contributed by atoms with van der Waals surface area (Å²) in [4.78, 5) is 27.8. The third-order valence-electron chi connectivity index (χ3n) is 4.60. The number of hydrogen-bond donors (Lipinski definition) is 3. The minimum absolute atomic E-state index is 0.0944. The highest BCUT2D eigenvalue weighted by Crippen LogP contribution is 2.42. The van der Waals surface area contributed by atoms with Crippen LogP contribution in [0.3, 0.4) is 0 Å². The van der Waals surface area contributed by atoms with Crippen molar-refractivity contribution in [2.75, 3.05) is 17.2 Å². The average molecular weight is 460 g/mol. The molecule has 0 saturated heterocycles. The molecule has 0 aliphatic carbocycles. The van der Waals surface area contributed by atoms with Gasteiger partial charge in [0.1, 0.15) is 5.69 Å². The summed E-state index contributed by atoms with van der Waals surface area (Å²) in [5.41, 5.74) is 7.79. The molecule has 0 saturated carbocycles. The van der Waals surface area contributed by atoms with Gasteiger partial charge in [-0.05, 0) is 42.7 Å². The van der Waals surface area contributed by atoms with Crippen LogP contribution in [-0.4, -0.2) is 29.6 Å². The third kappa shape index (κ3) is 4.94. The van der Waals surface area contributed by atoms with Gasteiger partial charge in [0.2, 0.25) is 0 Å². The average Bonchev–Trinajstić information content (AvgIpc) is 3.33. The quantitative estimate of drug-likeness (QED) is 0.440. The molecule has 2 amide bonds. The van der Waals surface area contributed by atoms with Crippen LogP contribution in [0, 0.1) is 0 Å². The molecule has 1 aliphatic heterocycles. The zero-order chi connectivity index (χ0) is 22.7. The van der Waals surface area contributed by atoms with Gasteiger partial charge in [0, 0.05) is 35.3 Å². The minimum Gasteiger partial charge on any atom is -0.395 e. The van der Waals surface area contributed by atoms with Crippen molar-refractivity contribution >= 4 is 34.5 Å². The molecular weight excluding hydrogens is 442 g/mol. The summed E-state index contributed by atoms with van der Waals surface area (Å²) in [6, 6.07) is 7.52. The van der Waals surface area contributed by atoms with Crippen LogP contribution in [0.1, 0.15) is 32.8 Å². The molecule has 4 rings (SSSR count). The molecule has 32 heavy (non-hydrogen) atoms. The second-order valence-corrected chi connectivity index (χ2v) is 7.67. The number of alkyl halides is 2. The normalized spacial score (nSPS) is 13.6. The first-order valence-corrected chi connectivity index (χ1v) is 10.5. The van der Waals surface area contributed by atoms with E-state index in [-0.39, 0.29) is 23.1 Å². The standard InChI is InChI=1S/C21H18F2N4O4S/c22-21(23)30-17-4-3-13(9-18(17)31-21)27-20(29)14-10-32-11-16(14)25-6-1-2-12-5-7-26-15(8-12)19(24)28/h3-5,7-11,25H,1-2,6H2,(H2,24,28)(H,27,29). The van der Waals surface area contributed by atoms with Crippen LogP contribution in [0.5, 0.6) is 11.5 Å². The first kappa shape index (κ1) is 21.5. The Morgan fingerprint density at radius 2 is 1.94 bits per heavy atom. The number of pyridine rings is 1. The van der Waals surface area contributed by atoms with Gasteiger partial charge < -0.3 is 25.8 Å². The predicted molar refractivity (Wildman–Crippen MR) is 114 cm³/mol. The zero-order valence-corrected chi connectivity index (χ0v) is 17.4. The zero-order valence-electron chi connectivity index (χ0n) is 16.6. The molecule has 0 radical (unpaired) electrons. The van der Waals surface area contributed by atoms with Crippen molar-refractivity contribution in [3.05, 3.63) is 64.1 Å². The summed E-state index contributed by atoms with van der Waals surface area (Å²) >= 11 is 1.36. The Bertz CT molecular complexity index is 1170. The van der Waals surface area contributed by atoms with Gasteiger partial charge >= 0.3 is 6.29 Å². The van der Waals surface area contributed by atoms with E-state index in [2.05, 4.69) is 25.1 Å². The van der Waals surface area contributed by atoms with E-state index < -0.39 is 12.2 Å². The summed E-state index contributed by atoms with van der Waals surface area (Å²) in [7, 11) is 0. The van der Waals surface area contributed by atoms with Crippen molar-refractivity contribution in [1.29, 1.82) is 0 Å². The SMILES string of the molecule is NC(=O)c1cc(CCCNc2cscc2C(=O)Nc2ccc3c(c2)OC(F)(F)O3)ccn1. The fourth-order valence-electron chi connectivity index (χ4n) is 3.12. The first-order valence-electron chi connectivity index (χ1n) is 9.57. The maximum Gasteiger partial charge on any atom is 0.586 e. The molecule has 1 aromatic carbocycles. The Morgan fingerprint density at radius 3 is 2.75 bits per heavy atom. The van der Waals surface area contributed by atoms with Crippen LogP contribution >= 0.6 is 11.3 Å². The van der Waals surface area contributed by atoms with E-state index in [1.54, 1.807) is 17.6 Å². The number of primary amides is 1. The van der Waals surface area contributed by atoms with Gasteiger partial charge in [-0.3, -0.25) is 14.6 Å². The van der Waals surface area contributed by atoms with Gasteiger partial charge in [-0.15, -0.1) is 20.1 Å². The van der Waals surface area contributed by atoms with Crippen LogP contribution < -0.4 is 25.8 Å². The van der Waals surface area contributed by atoms with E-state index in [0.717, 1.165) is 12.0 Å². The van der Waals surface area contributed by atoms with Crippen LogP contribution in [0.15, 0.2) is 47.3 Å². The second kappa shape index (κ2) is 8.79. The number of nitrogens with one attached hydrogen (secondary N) is 2. The van der Waals surface area contributed by atoms with Gasteiger partial charge in [-0.25, -0.2) is 0 Å². The van der Waals surface area contributed by atoms with E-state index in [0.29, 0.717) is 29.9 Å². The Labute approximate surface area is 185 Å². The van der Waals surface area contributed by atoms with Crippen LogP contribution in [0.4, 0.5) is 20.2 Å². The van der Waals surface area contributed by atoms with Crippen LogP contribution in [0.2, 0.25) is 0 Å². The number of aromatic nitrogens is 1. The lowest BCUT2D eigenvalue weighted by Crippen LogP contribution is -2.25. The number of carbonyl (C=O) groups is 2. The molecule has 11 heteroatoms. The molecule has 0 atom stereocenters. The number of thiophene rings is 1. The second-order valence-electron chi connectivity index (χ2n) is 6.93. The largest absolute Gasteiger partial charge is 0.586 e. The number of amides is 2. The molecule has 0 bridgehead atoms. The number of halogens is 2. The van der Waals surface area contributed by atoms with Crippen molar-refractivity contribution in [3.8, 4) is 11.5 Å². The monoisotopic (exact) mass is 460 g/mol. The number of nitrogens with zero attached hydrogens (tertiary/aromatic N) is 1. The highest BCUT2D eigenvalue weighted by Gasteiger charge is 2.43. The first-order chi connectivity index (χ1) is 15.3. The number of ether oxygens (including phenoxy) is 2. The Morgan fingerprint density at radius 1 is 1.12 bits per heavy atom. The molecule has 166 valence electrons. The summed E-state index contributed by atoms with van der Waals surface area (Å²) in [5, 5.41) is 9.40. The lowest BCUT2D eigenvalue weighted by atomic mass is 10.1. The van der Waals surface area contributed by atoms with E-state index in [1.807, 2.05) is 11.4 Å². The van der Waals surface area contributed by atoms with Crippen molar-refractivity contribution in [2.45, 2.75) is 19.1 Å². The van der Waals surface area contributed by atoms with Gasteiger partial charge in [0.25, 0.3) is 11.8 Å². The lowest BCUT2D eigenvalue weighted by Gasteiger charge is -2.09. The fraction of sp³-hybridized carbons (Fsp3) is 0.190. The molecule has 3 heterocycles. The highest BCUT2D eigenvalue weighted by atomic mass is 32.1. The molecule has 0 fully saturated rings. The van der Waals surface area contributed by atoms with Gasteiger partial charge in [-0.1, -0.05) is 0 Å². The van der Waals surface area contributed by atoms with E-state index >= 15 is 0 Å². The number of anilines is 2. The Kier molecular flexibility index (Phi) is 5.91. The number of aryl methyl sites for hydroxylation is 1. The van der Waals surface area contributed by atoms with Crippen molar-refractivity contribution in [2.24, 2.45) is 5.73 Å². The third-order valence-corrected chi connectivity index (χ3v) is 5.34. The highest BCUT2D eigenvalue weighted by molar-refractivity contribution is 7.08. The lowest BCUT2D eigenvalue weighted by molar-refractivity contribution is -0.286. The molecule has 0 spiro atoms. The van der Waals surface area contributed by atoms with E-state index in [1.165, 1.54) is 29.5 Å². The Balaban J connectivity index is 1.32. The van der Waals surface area contributed by atoms with Crippen LogP contribution in [-0.2, 0) is 6.42 Å². The maximum atomic E-state index is 13.2. The van der Waals surface area contributed by atoms with Crippen molar-refractivity contribution < 1.29 is 27.8 Å². The predicted octanol–water partition coefficient (Wildman–Crippen LogP) is 3.86. The van der Waals surface area contributed by atoms with E-state index in [9.17, 15) is 18.4 Å². The summed E-state index contributed by atoms with van der Waals surface area (Å²) in [6.45, 7) is 0.588. The smallest absolute Gasteiger partial charge is 0.395 e. The molecule has 1 aliphatic rings. The van der Waals surface area contributed by atoms with Gasteiger partial charge in [0.05, 0.1) is 11.3 Å².